The molecule has 0 aliphatic heterocycles. The first kappa shape index (κ1) is 24.9. The predicted molar refractivity (Wildman–Crippen MR) is 154 cm³/mol. The third kappa shape index (κ3) is 7.16. The van der Waals surface area contributed by atoms with Crippen molar-refractivity contribution < 1.29 is 0 Å². The molecule has 0 fully saturated rings. The summed E-state index contributed by atoms with van der Waals surface area (Å²) < 4.78 is 0. The standard InChI is InChI=1S/C32H34N4/c1-27(29-17-7-3-8-18-29)33-35(31-21-11-5-12-22-31)25-15-16-26-36(32-23-13-6-14-24-32)34-28(2)30-19-9-4-10-20-30/h3-14,17-24H,15-16,25-26H2,1-2H3. The first-order valence-electron chi connectivity index (χ1n) is 12.6. The van der Waals surface area contributed by atoms with Gasteiger partial charge >= 0.3 is 0 Å². The average molecular weight is 475 g/mol. The fraction of sp³-hybridized carbons (Fsp3) is 0.188. The van der Waals surface area contributed by atoms with Gasteiger partial charge in [0.2, 0.25) is 0 Å². The van der Waals surface area contributed by atoms with Gasteiger partial charge in [0.25, 0.3) is 0 Å². The summed E-state index contributed by atoms with van der Waals surface area (Å²) in [7, 11) is 0. The van der Waals surface area contributed by atoms with Crippen molar-refractivity contribution in [3.8, 4) is 0 Å². The Hall–Kier alpha value is -4.18. The van der Waals surface area contributed by atoms with Crippen LogP contribution in [-0.2, 0) is 0 Å². The molecule has 0 aromatic heterocycles. The third-order valence-electron chi connectivity index (χ3n) is 6.02. The Labute approximate surface area is 215 Å². The molecule has 182 valence electrons. The largest absolute Gasteiger partial charge is 0.265 e. The van der Waals surface area contributed by atoms with Crippen LogP contribution >= 0.6 is 0 Å². The van der Waals surface area contributed by atoms with Crippen molar-refractivity contribution in [2.24, 2.45) is 10.2 Å². The van der Waals surface area contributed by atoms with Crippen molar-refractivity contribution >= 4 is 22.8 Å². The van der Waals surface area contributed by atoms with E-state index in [0.29, 0.717) is 0 Å². The molecule has 0 radical (unpaired) electrons. The van der Waals surface area contributed by atoms with Gasteiger partial charge in [-0.05, 0) is 62.1 Å². The highest BCUT2D eigenvalue weighted by Crippen LogP contribution is 2.19. The van der Waals surface area contributed by atoms with Crippen LogP contribution in [0.15, 0.2) is 132 Å². The second kappa shape index (κ2) is 13.1. The zero-order valence-corrected chi connectivity index (χ0v) is 21.2. The predicted octanol–water partition coefficient (Wildman–Crippen LogP) is 7.63. The lowest BCUT2D eigenvalue weighted by Gasteiger charge is -2.23. The molecule has 0 saturated heterocycles. The number of benzene rings is 4. The zero-order chi connectivity index (χ0) is 25.0. The fourth-order valence-corrected chi connectivity index (χ4v) is 4.03. The highest BCUT2D eigenvalue weighted by atomic mass is 15.5. The summed E-state index contributed by atoms with van der Waals surface area (Å²) in [4.78, 5) is 0. The van der Waals surface area contributed by atoms with Gasteiger partial charge in [0.1, 0.15) is 0 Å². The van der Waals surface area contributed by atoms with Crippen molar-refractivity contribution in [1.29, 1.82) is 0 Å². The smallest absolute Gasteiger partial charge is 0.0650 e. The number of hydrogen-bond donors (Lipinski definition) is 0. The Bertz CT molecular complexity index is 1140. The highest BCUT2D eigenvalue weighted by Gasteiger charge is 2.10. The number of unbranched alkanes of at least 4 members (excludes halogenated alkanes) is 1. The van der Waals surface area contributed by atoms with Crippen LogP contribution in [0.3, 0.4) is 0 Å². The first-order chi connectivity index (χ1) is 17.7. The Morgan fingerprint density at radius 3 is 1.11 bits per heavy atom. The second-order valence-corrected chi connectivity index (χ2v) is 8.73. The van der Waals surface area contributed by atoms with Crippen LogP contribution in [0.1, 0.15) is 37.8 Å². The second-order valence-electron chi connectivity index (χ2n) is 8.73. The van der Waals surface area contributed by atoms with Crippen LogP contribution < -0.4 is 10.0 Å². The quantitative estimate of drug-likeness (QED) is 0.127. The van der Waals surface area contributed by atoms with E-state index < -0.39 is 0 Å². The maximum absolute atomic E-state index is 4.99. The molecule has 0 N–H and O–H groups in total. The van der Waals surface area contributed by atoms with Gasteiger partial charge in [-0.2, -0.15) is 10.2 Å². The first-order valence-corrected chi connectivity index (χ1v) is 12.6. The van der Waals surface area contributed by atoms with Crippen LogP contribution in [0.2, 0.25) is 0 Å². The molecule has 4 heteroatoms. The molecular formula is C32H34N4. The van der Waals surface area contributed by atoms with E-state index in [1.165, 1.54) is 0 Å². The van der Waals surface area contributed by atoms with Gasteiger partial charge in [-0.3, -0.25) is 10.0 Å². The number of hydrogen-bond acceptors (Lipinski definition) is 4. The molecule has 0 amide bonds. The summed E-state index contributed by atoms with van der Waals surface area (Å²) in [6, 6.07) is 41.5. The minimum Gasteiger partial charge on any atom is -0.265 e. The summed E-state index contributed by atoms with van der Waals surface area (Å²) in [5, 5.41) is 14.2. The van der Waals surface area contributed by atoms with Gasteiger partial charge in [-0.1, -0.05) is 97.1 Å². The number of para-hydroxylation sites is 2. The topological polar surface area (TPSA) is 31.2 Å². The summed E-state index contributed by atoms with van der Waals surface area (Å²) in [5.74, 6) is 0. The Morgan fingerprint density at radius 1 is 0.472 bits per heavy atom. The molecule has 0 atom stereocenters. The molecule has 36 heavy (non-hydrogen) atoms. The summed E-state index contributed by atoms with van der Waals surface area (Å²) >= 11 is 0. The van der Waals surface area contributed by atoms with Gasteiger partial charge in [-0.15, -0.1) is 0 Å². The van der Waals surface area contributed by atoms with Crippen LogP contribution in [0.5, 0.6) is 0 Å². The van der Waals surface area contributed by atoms with E-state index in [9.17, 15) is 0 Å². The van der Waals surface area contributed by atoms with Gasteiger partial charge in [0.05, 0.1) is 22.8 Å². The maximum atomic E-state index is 4.99. The molecule has 0 bridgehead atoms. The molecule has 0 aliphatic carbocycles. The minimum absolute atomic E-state index is 0.832. The molecular weight excluding hydrogens is 440 g/mol. The molecule has 4 rings (SSSR count). The SMILES string of the molecule is CC(=NN(CCCCN(N=C(C)c1ccccc1)c1ccccc1)c1ccccc1)c1ccccc1. The Kier molecular flexibility index (Phi) is 9.04. The van der Waals surface area contributed by atoms with Crippen molar-refractivity contribution in [2.75, 3.05) is 23.1 Å². The summed E-state index contributed by atoms with van der Waals surface area (Å²) in [6.45, 7) is 5.81. The Balaban J connectivity index is 1.46. The van der Waals surface area contributed by atoms with Crippen LogP contribution in [0, 0.1) is 0 Å². The van der Waals surface area contributed by atoms with E-state index in [1.54, 1.807) is 0 Å². The van der Waals surface area contributed by atoms with E-state index in [1.807, 2.05) is 24.3 Å². The van der Waals surface area contributed by atoms with E-state index in [0.717, 1.165) is 59.9 Å². The summed E-state index contributed by atoms with van der Waals surface area (Å²) in [6.07, 6.45) is 1.98. The van der Waals surface area contributed by atoms with Gasteiger partial charge < -0.3 is 0 Å². The molecule has 0 heterocycles. The van der Waals surface area contributed by atoms with Crippen LogP contribution in [-0.4, -0.2) is 24.5 Å². The molecule has 4 aromatic rings. The monoisotopic (exact) mass is 474 g/mol. The normalized spacial score (nSPS) is 11.8. The van der Waals surface area contributed by atoms with E-state index in [-0.39, 0.29) is 0 Å². The molecule has 0 spiro atoms. The van der Waals surface area contributed by atoms with Crippen LogP contribution in [0.25, 0.3) is 0 Å². The Morgan fingerprint density at radius 2 is 0.778 bits per heavy atom. The van der Waals surface area contributed by atoms with E-state index >= 15 is 0 Å². The third-order valence-corrected chi connectivity index (χ3v) is 6.02. The average Bonchev–Trinajstić information content (AvgIpc) is 2.95. The zero-order valence-electron chi connectivity index (χ0n) is 21.2. The highest BCUT2D eigenvalue weighted by molar-refractivity contribution is 5.99. The van der Waals surface area contributed by atoms with Crippen molar-refractivity contribution in [3.05, 3.63) is 132 Å². The number of rotatable bonds is 11. The number of hydrazone groups is 2. The molecule has 4 aromatic carbocycles. The van der Waals surface area contributed by atoms with Gasteiger partial charge in [0.15, 0.2) is 0 Å². The maximum Gasteiger partial charge on any atom is 0.0650 e. The lowest BCUT2D eigenvalue weighted by atomic mass is 10.1. The fourth-order valence-electron chi connectivity index (χ4n) is 4.03. The van der Waals surface area contributed by atoms with Gasteiger partial charge in [0, 0.05) is 13.1 Å². The van der Waals surface area contributed by atoms with E-state index in [2.05, 4.69) is 121 Å². The van der Waals surface area contributed by atoms with Gasteiger partial charge in [-0.25, -0.2) is 0 Å². The van der Waals surface area contributed by atoms with Crippen LogP contribution in [0.4, 0.5) is 11.4 Å². The molecule has 0 saturated carbocycles. The van der Waals surface area contributed by atoms with Crippen molar-refractivity contribution in [3.63, 3.8) is 0 Å². The number of anilines is 2. The molecule has 0 aliphatic rings. The minimum atomic E-state index is 0.832. The molecule has 0 unspecified atom stereocenters. The van der Waals surface area contributed by atoms with E-state index in [4.69, 9.17) is 10.2 Å². The lowest BCUT2D eigenvalue weighted by molar-refractivity contribution is 0.680. The lowest BCUT2D eigenvalue weighted by Crippen LogP contribution is -2.23. The molecule has 4 nitrogen and oxygen atoms in total. The summed E-state index contributed by atoms with van der Waals surface area (Å²) in [5.41, 5.74) is 6.50. The van der Waals surface area contributed by atoms with Crippen molar-refractivity contribution in [1.82, 2.24) is 0 Å². The van der Waals surface area contributed by atoms with Crippen molar-refractivity contribution in [2.45, 2.75) is 26.7 Å². The number of nitrogens with zero attached hydrogens (tertiary/aromatic N) is 4.